The molecule has 18 heavy (non-hydrogen) atoms. The Hall–Kier alpha value is -1.82. The van der Waals surface area contributed by atoms with Crippen LogP contribution >= 0.6 is 0 Å². The summed E-state index contributed by atoms with van der Waals surface area (Å²) in [5.41, 5.74) is 7.13. The van der Waals surface area contributed by atoms with Crippen molar-refractivity contribution in [3.63, 3.8) is 0 Å². The summed E-state index contributed by atoms with van der Waals surface area (Å²) >= 11 is 0. The summed E-state index contributed by atoms with van der Waals surface area (Å²) in [6, 6.07) is 4.86. The first-order chi connectivity index (χ1) is 8.43. The standard InChI is InChI=1S/C12H12F3N3/c1-8-9(6-16)7-17-18(8)11-4-2-10(3-5-11)12(13,14)15/h2-5,7H,6,16H2,1H3. The number of alkyl halides is 3. The van der Waals surface area contributed by atoms with Crippen molar-refractivity contribution >= 4 is 0 Å². The third-order valence-corrected chi connectivity index (χ3v) is 2.77. The van der Waals surface area contributed by atoms with Crippen LogP contribution in [0.2, 0.25) is 0 Å². The third-order valence-electron chi connectivity index (χ3n) is 2.77. The van der Waals surface area contributed by atoms with Crippen molar-refractivity contribution in [2.45, 2.75) is 19.6 Å². The van der Waals surface area contributed by atoms with Gasteiger partial charge in [0.25, 0.3) is 0 Å². The van der Waals surface area contributed by atoms with Gasteiger partial charge < -0.3 is 5.73 Å². The van der Waals surface area contributed by atoms with Crippen LogP contribution in [0.25, 0.3) is 5.69 Å². The molecule has 3 nitrogen and oxygen atoms in total. The molecule has 0 saturated carbocycles. The molecule has 0 saturated heterocycles. The van der Waals surface area contributed by atoms with E-state index in [1.807, 2.05) is 6.92 Å². The van der Waals surface area contributed by atoms with E-state index < -0.39 is 11.7 Å². The maximum atomic E-state index is 12.4. The molecule has 0 aliphatic rings. The highest BCUT2D eigenvalue weighted by molar-refractivity contribution is 5.37. The van der Waals surface area contributed by atoms with Crippen LogP contribution in [0, 0.1) is 6.92 Å². The smallest absolute Gasteiger partial charge is 0.326 e. The SMILES string of the molecule is Cc1c(CN)cnn1-c1ccc(C(F)(F)F)cc1. The first-order valence-electron chi connectivity index (χ1n) is 5.34. The van der Waals surface area contributed by atoms with Gasteiger partial charge in [0.2, 0.25) is 0 Å². The Kier molecular flexibility index (Phi) is 3.13. The fourth-order valence-corrected chi connectivity index (χ4v) is 1.70. The van der Waals surface area contributed by atoms with E-state index in [-0.39, 0.29) is 0 Å². The predicted octanol–water partition coefficient (Wildman–Crippen LogP) is 2.66. The van der Waals surface area contributed by atoms with Crippen molar-refractivity contribution in [3.05, 3.63) is 47.3 Å². The zero-order valence-electron chi connectivity index (χ0n) is 9.70. The van der Waals surface area contributed by atoms with Crippen molar-refractivity contribution < 1.29 is 13.2 Å². The molecule has 0 unspecified atom stereocenters. The van der Waals surface area contributed by atoms with Gasteiger partial charge in [0.15, 0.2) is 0 Å². The molecule has 0 atom stereocenters. The van der Waals surface area contributed by atoms with Gasteiger partial charge in [-0.25, -0.2) is 4.68 Å². The molecule has 0 amide bonds. The second kappa shape index (κ2) is 4.45. The zero-order valence-corrected chi connectivity index (χ0v) is 9.70. The fourth-order valence-electron chi connectivity index (χ4n) is 1.70. The zero-order chi connectivity index (χ0) is 13.3. The van der Waals surface area contributed by atoms with Gasteiger partial charge >= 0.3 is 6.18 Å². The molecule has 0 aliphatic carbocycles. The van der Waals surface area contributed by atoms with E-state index in [0.29, 0.717) is 12.2 Å². The lowest BCUT2D eigenvalue weighted by Crippen LogP contribution is -2.06. The summed E-state index contributed by atoms with van der Waals surface area (Å²) < 4.78 is 38.8. The lowest BCUT2D eigenvalue weighted by molar-refractivity contribution is -0.137. The highest BCUT2D eigenvalue weighted by Gasteiger charge is 2.30. The van der Waals surface area contributed by atoms with Crippen molar-refractivity contribution in [3.8, 4) is 5.69 Å². The summed E-state index contributed by atoms with van der Waals surface area (Å²) in [4.78, 5) is 0. The van der Waals surface area contributed by atoms with Gasteiger partial charge in [-0.15, -0.1) is 0 Å². The molecule has 2 aromatic rings. The van der Waals surface area contributed by atoms with E-state index in [1.54, 1.807) is 10.9 Å². The van der Waals surface area contributed by atoms with Crippen LogP contribution < -0.4 is 5.73 Å². The Morgan fingerprint density at radius 3 is 2.28 bits per heavy atom. The number of nitrogens with zero attached hydrogens (tertiary/aromatic N) is 2. The molecule has 0 aliphatic heterocycles. The highest BCUT2D eigenvalue weighted by atomic mass is 19.4. The maximum absolute atomic E-state index is 12.4. The Morgan fingerprint density at radius 1 is 1.22 bits per heavy atom. The van der Waals surface area contributed by atoms with Crippen molar-refractivity contribution in [1.29, 1.82) is 0 Å². The lowest BCUT2D eigenvalue weighted by Gasteiger charge is -2.09. The van der Waals surface area contributed by atoms with E-state index in [4.69, 9.17) is 5.73 Å². The second-order valence-corrected chi connectivity index (χ2v) is 3.92. The van der Waals surface area contributed by atoms with Gasteiger partial charge in [-0.1, -0.05) is 0 Å². The van der Waals surface area contributed by atoms with E-state index >= 15 is 0 Å². The van der Waals surface area contributed by atoms with Crippen molar-refractivity contribution in [1.82, 2.24) is 9.78 Å². The van der Waals surface area contributed by atoms with Crippen LogP contribution in [0.3, 0.4) is 0 Å². The minimum absolute atomic E-state index is 0.354. The molecule has 0 bridgehead atoms. The minimum atomic E-state index is -4.32. The first-order valence-corrected chi connectivity index (χ1v) is 5.34. The molecule has 0 fully saturated rings. The van der Waals surface area contributed by atoms with Crippen molar-refractivity contribution in [2.75, 3.05) is 0 Å². The van der Waals surface area contributed by atoms with Gasteiger partial charge in [0.05, 0.1) is 17.4 Å². The maximum Gasteiger partial charge on any atom is 0.416 e. The second-order valence-electron chi connectivity index (χ2n) is 3.92. The quantitative estimate of drug-likeness (QED) is 0.896. The number of hydrogen-bond acceptors (Lipinski definition) is 2. The van der Waals surface area contributed by atoms with Crippen LogP contribution in [-0.4, -0.2) is 9.78 Å². The Morgan fingerprint density at radius 2 is 1.83 bits per heavy atom. The molecule has 6 heteroatoms. The van der Waals surface area contributed by atoms with Crippen molar-refractivity contribution in [2.24, 2.45) is 5.73 Å². The molecule has 0 spiro atoms. The van der Waals surface area contributed by atoms with E-state index in [0.717, 1.165) is 23.4 Å². The molecule has 2 N–H and O–H groups in total. The van der Waals surface area contributed by atoms with Crippen LogP contribution in [0.5, 0.6) is 0 Å². The lowest BCUT2D eigenvalue weighted by atomic mass is 10.2. The molecular weight excluding hydrogens is 243 g/mol. The molecule has 96 valence electrons. The molecule has 1 aromatic heterocycles. The van der Waals surface area contributed by atoms with Crippen LogP contribution in [0.1, 0.15) is 16.8 Å². The summed E-state index contributed by atoms with van der Waals surface area (Å²) in [5, 5.41) is 4.10. The summed E-state index contributed by atoms with van der Waals surface area (Å²) in [6.07, 6.45) is -2.70. The molecule has 0 radical (unpaired) electrons. The third kappa shape index (κ3) is 2.24. The number of rotatable bonds is 2. The van der Waals surface area contributed by atoms with Gasteiger partial charge in [0.1, 0.15) is 0 Å². The number of nitrogens with two attached hydrogens (primary N) is 1. The van der Waals surface area contributed by atoms with Gasteiger partial charge in [-0.3, -0.25) is 0 Å². The summed E-state index contributed by atoms with van der Waals surface area (Å²) in [7, 11) is 0. The predicted molar refractivity (Wildman–Crippen MR) is 61.2 cm³/mol. The Balaban J connectivity index is 2.37. The molecule has 1 heterocycles. The van der Waals surface area contributed by atoms with E-state index in [2.05, 4.69) is 5.10 Å². The summed E-state index contributed by atoms with van der Waals surface area (Å²) in [6.45, 7) is 2.18. The van der Waals surface area contributed by atoms with Crippen LogP contribution in [-0.2, 0) is 12.7 Å². The number of hydrogen-bond donors (Lipinski definition) is 1. The monoisotopic (exact) mass is 255 g/mol. The number of halogens is 3. The van der Waals surface area contributed by atoms with Gasteiger partial charge in [-0.05, 0) is 31.2 Å². The molecule has 1 aromatic carbocycles. The molecule has 2 rings (SSSR count). The average Bonchev–Trinajstić information content (AvgIpc) is 2.69. The topological polar surface area (TPSA) is 43.8 Å². The fraction of sp³-hybridized carbons (Fsp3) is 0.250. The van der Waals surface area contributed by atoms with E-state index in [1.165, 1.54) is 12.1 Å². The summed E-state index contributed by atoms with van der Waals surface area (Å²) in [5.74, 6) is 0. The average molecular weight is 255 g/mol. The largest absolute Gasteiger partial charge is 0.416 e. The minimum Gasteiger partial charge on any atom is -0.326 e. The van der Waals surface area contributed by atoms with Gasteiger partial charge in [-0.2, -0.15) is 18.3 Å². The first kappa shape index (κ1) is 12.6. The van der Waals surface area contributed by atoms with Crippen LogP contribution in [0.4, 0.5) is 13.2 Å². The number of benzene rings is 1. The van der Waals surface area contributed by atoms with E-state index in [9.17, 15) is 13.2 Å². The van der Waals surface area contributed by atoms with Crippen LogP contribution in [0.15, 0.2) is 30.5 Å². The molecular formula is C12H12F3N3. The number of aromatic nitrogens is 2. The van der Waals surface area contributed by atoms with Gasteiger partial charge in [0, 0.05) is 17.8 Å². The normalized spacial score (nSPS) is 11.8. The Labute approximate surface area is 102 Å². The highest BCUT2D eigenvalue weighted by Crippen LogP contribution is 2.29. The Bertz CT molecular complexity index is 541.